The van der Waals surface area contributed by atoms with E-state index in [1.807, 2.05) is 30.3 Å². The van der Waals surface area contributed by atoms with Crippen LogP contribution in [0.25, 0.3) is 0 Å². The van der Waals surface area contributed by atoms with Crippen molar-refractivity contribution in [3.63, 3.8) is 0 Å². The number of amides is 1. The number of carbonyl (C=O) groups is 1. The highest BCUT2D eigenvalue weighted by atomic mass is 79.9. The van der Waals surface area contributed by atoms with E-state index in [1.165, 1.54) is 0 Å². The standard InChI is InChI=1S/C16H17BrN2O2/c1-19(10-11-4-3-5-13(8-11)21-2)16(20)14-9-12(17)6-7-15(14)18/h3-9H,10,18H2,1-2H3. The first-order valence-electron chi connectivity index (χ1n) is 6.44. The normalized spacial score (nSPS) is 10.2. The van der Waals surface area contributed by atoms with Gasteiger partial charge in [0.25, 0.3) is 5.91 Å². The number of nitrogens with zero attached hydrogens (tertiary/aromatic N) is 1. The van der Waals surface area contributed by atoms with Crippen molar-refractivity contribution in [2.45, 2.75) is 6.54 Å². The lowest BCUT2D eigenvalue weighted by Crippen LogP contribution is -2.27. The summed E-state index contributed by atoms with van der Waals surface area (Å²) in [5.41, 5.74) is 7.85. The Morgan fingerprint density at radius 3 is 2.76 bits per heavy atom. The third-order valence-corrected chi connectivity index (χ3v) is 3.64. The Labute approximate surface area is 132 Å². The molecule has 0 fully saturated rings. The van der Waals surface area contributed by atoms with Crippen LogP contribution in [0.3, 0.4) is 0 Å². The van der Waals surface area contributed by atoms with Crippen LogP contribution in [-0.4, -0.2) is 25.0 Å². The molecule has 2 aromatic rings. The van der Waals surface area contributed by atoms with Crippen molar-refractivity contribution in [3.8, 4) is 5.75 Å². The topological polar surface area (TPSA) is 55.6 Å². The van der Waals surface area contributed by atoms with Crippen LogP contribution in [-0.2, 0) is 6.54 Å². The molecule has 0 aromatic heterocycles. The molecule has 2 rings (SSSR count). The molecule has 110 valence electrons. The number of hydrogen-bond donors (Lipinski definition) is 1. The summed E-state index contributed by atoms with van der Waals surface area (Å²) in [4.78, 5) is 14.1. The van der Waals surface area contributed by atoms with E-state index < -0.39 is 0 Å². The van der Waals surface area contributed by atoms with Crippen molar-refractivity contribution in [2.24, 2.45) is 0 Å². The molecule has 1 amide bonds. The smallest absolute Gasteiger partial charge is 0.256 e. The molecule has 0 heterocycles. The van der Waals surface area contributed by atoms with Gasteiger partial charge in [-0.15, -0.1) is 0 Å². The molecule has 5 heteroatoms. The van der Waals surface area contributed by atoms with Gasteiger partial charge in [-0.3, -0.25) is 4.79 Å². The Kier molecular flexibility index (Phi) is 4.85. The van der Waals surface area contributed by atoms with Gasteiger partial charge >= 0.3 is 0 Å². The van der Waals surface area contributed by atoms with Crippen molar-refractivity contribution < 1.29 is 9.53 Å². The van der Waals surface area contributed by atoms with Gasteiger partial charge in [-0.2, -0.15) is 0 Å². The highest BCUT2D eigenvalue weighted by Crippen LogP contribution is 2.21. The third-order valence-electron chi connectivity index (χ3n) is 3.15. The van der Waals surface area contributed by atoms with E-state index >= 15 is 0 Å². The number of methoxy groups -OCH3 is 1. The molecule has 0 unspecified atom stereocenters. The van der Waals surface area contributed by atoms with Gasteiger partial charge in [0.15, 0.2) is 0 Å². The lowest BCUT2D eigenvalue weighted by molar-refractivity contribution is 0.0786. The second-order valence-corrected chi connectivity index (χ2v) is 5.66. The van der Waals surface area contributed by atoms with Gasteiger partial charge in [0, 0.05) is 23.8 Å². The van der Waals surface area contributed by atoms with E-state index in [9.17, 15) is 4.79 Å². The van der Waals surface area contributed by atoms with E-state index in [0.717, 1.165) is 15.8 Å². The number of halogens is 1. The fourth-order valence-corrected chi connectivity index (χ4v) is 2.40. The molecule has 0 aliphatic carbocycles. The van der Waals surface area contributed by atoms with Gasteiger partial charge in [-0.25, -0.2) is 0 Å². The molecule has 0 bridgehead atoms. The predicted octanol–water partition coefficient (Wildman–Crippen LogP) is 3.31. The third kappa shape index (κ3) is 3.76. The van der Waals surface area contributed by atoms with Crippen molar-refractivity contribution in [1.82, 2.24) is 4.90 Å². The monoisotopic (exact) mass is 348 g/mol. The lowest BCUT2D eigenvalue weighted by atomic mass is 10.1. The van der Waals surface area contributed by atoms with Crippen molar-refractivity contribution in [2.75, 3.05) is 19.9 Å². The Morgan fingerprint density at radius 2 is 2.05 bits per heavy atom. The largest absolute Gasteiger partial charge is 0.497 e. The van der Waals surface area contributed by atoms with Crippen LogP contribution >= 0.6 is 15.9 Å². The molecular formula is C16H17BrN2O2. The summed E-state index contributed by atoms with van der Waals surface area (Å²) in [6.07, 6.45) is 0. The molecule has 2 aromatic carbocycles. The molecule has 0 spiro atoms. The summed E-state index contributed by atoms with van der Waals surface area (Å²) in [5, 5.41) is 0. The van der Waals surface area contributed by atoms with Gasteiger partial charge < -0.3 is 15.4 Å². The van der Waals surface area contributed by atoms with Crippen LogP contribution in [0, 0.1) is 0 Å². The summed E-state index contributed by atoms with van der Waals surface area (Å²) >= 11 is 3.36. The van der Waals surface area contributed by atoms with Gasteiger partial charge in [0.1, 0.15) is 5.75 Å². The second-order valence-electron chi connectivity index (χ2n) is 4.74. The number of benzene rings is 2. The molecule has 21 heavy (non-hydrogen) atoms. The number of anilines is 1. The lowest BCUT2D eigenvalue weighted by Gasteiger charge is -2.19. The number of nitrogen functional groups attached to an aromatic ring is 1. The summed E-state index contributed by atoms with van der Waals surface area (Å²) in [6, 6.07) is 12.9. The van der Waals surface area contributed by atoms with Crippen molar-refractivity contribution in [1.29, 1.82) is 0 Å². The average molecular weight is 349 g/mol. The van der Waals surface area contributed by atoms with Crippen LogP contribution in [0.15, 0.2) is 46.9 Å². The molecular weight excluding hydrogens is 332 g/mol. The molecule has 0 saturated heterocycles. The molecule has 0 radical (unpaired) electrons. The van der Waals surface area contributed by atoms with E-state index in [2.05, 4.69) is 15.9 Å². The van der Waals surface area contributed by atoms with Crippen LogP contribution in [0.2, 0.25) is 0 Å². The first-order chi connectivity index (χ1) is 10.0. The predicted molar refractivity (Wildman–Crippen MR) is 87.3 cm³/mol. The molecule has 2 N–H and O–H groups in total. The van der Waals surface area contributed by atoms with Gasteiger partial charge in [0.05, 0.1) is 12.7 Å². The minimum absolute atomic E-state index is 0.114. The number of rotatable bonds is 4. The molecule has 4 nitrogen and oxygen atoms in total. The van der Waals surface area contributed by atoms with Crippen LogP contribution in [0.5, 0.6) is 5.75 Å². The van der Waals surface area contributed by atoms with E-state index in [4.69, 9.17) is 10.5 Å². The number of hydrogen-bond acceptors (Lipinski definition) is 3. The highest BCUT2D eigenvalue weighted by molar-refractivity contribution is 9.10. The maximum atomic E-state index is 12.5. The van der Waals surface area contributed by atoms with Crippen LogP contribution in [0.1, 0.15) is 15.9 Å². The fourth-order valence-electron chi connectivity index (χ4n) is 2.04. The van der Waals surface area contributed by atoms with Gasteiger partial charge in [-0.1, -0.05) is 28.1 Å². The zero-order chi connectivity index (χ0) is 15.4. The van der Waals surface area contributed by atoms with Crippen LogP contribution < -0.4 is 10.5 Å². The SMILES string of the molecule is COc1cccc(CN(C)C(=O)c2cc(Br)ccc2N)c1. The summed E-state index contributed by atoms with van der Waals surface area (Å²) < 4.78 is 6.02. The van der Waals surface area contributed by atoms with E-state index in [0.29, 0.717) is 17.8 Å². The number of ether oxygens (including phenoxy) is 1. The summed E-state index contributed by atoms with van der Waals surface area (Å²) in [6.45, 7) is 0.488. The Balaban J connectivity index is 2.17. The van der Waals surface area contributed by atoms with Crippen molar-refractivity contribution >= 4 is 27.5 Å². The van der Waals surface area contributed by atoms with E-state index in [-0.39, 0.29) is 5.91 Å². The Hall–Kier alpha value is -2.01. The van der Waals surface area contributed by atoms with Gasteiger partial charge in [-0.05, 0) is 35.9 Å². The summed E-state index contributed by atoms with van der Waals surface area (Å²) in [7, 11) is 3.37. The summed E-state index contributed by atoms with van der Waals surface area (Å²) in [5.74, 6) is 0.659. The molecule has 0 saturated carbocycles. The maximum Gasteiger partial charge on any atom is 0.256 e. The minimum Gasteiger partial charge on any atom is -0.497 e. The average Bonchev–Trinajstić information content (AvgIpc) is 2.49. The first-order valence-corrected chi connectivity index (χ1v) is 7.24. The highest BCUT2D eigenvalue weighted by Gasteiger charge is 2.15. The minimum atomic E-state index is -0.114. The molecule has 0 aliphatic rings. The van der Waals surface area contributed by atoms with Crippen LogP contribution in [0.4, 0.5) is 5.69 Å². The molecule has 0 atom stereocenters. The maximum absolute atomic E-state index is 12.5. The first kappa shape index (κ1) is 15.4. The quantitative estimate of drug-likeness (QED) is 0.862. The number of nitrogens with two attached hydrogens (primary N) is 1. The fraction of sp³-hybridized carbons (Fsp3) is 0.188. The van der Waals surface area contributed by atoms with E-state index in [1.54, 1.807) is 31.2 Å². The zero-order valence-electron chi connectivity index (χ0n) is 12.0. The van der Waals surface area contributed by atoms with Gasteiger partial charge in [0.2, 0.25) is 0 Å². The Bertz CT molecular complexity index is 658. The Morgan fingerprint density at radius 1 is 1.29 bits per heavy atom. The number of carbonyl (C=O) groups excluding carboxylic acids is 1. The molecule has 0 aliphatic heterocycles. The zero-order valence-corrected chi connectivity index (χ0v) is 13.6. The second kappa shape index (κ2) is 6.63. The van der Waals surface area contributed by atoms with Crippen molar-refractivity contribution in [3.05, 3.63) is 58.1 Å².